The fourth-order valence-corrected chi connectivity index (χ4v) is 4.56. The minimum atomic E-state index is -1.21. The molecule has 190 valence electrons. The molecule has 1 aliphatic carbocycles. The number of hydrazine groups is 2. The van der Waals surface area contributed by atoms with Gasteiger partial charge < -0.3 is 16.1 Å². The summed E-state index contributed by atoms with van der Waals surface area (Å²) in [5, 5.41) is 19.2. The number of nitriles is 1. The highest BCUT2D eigenvalue weighted by Gasteiger charge is 2.32. The van der Waals surface area contributed by atoms with Crippen LogP contribution in [0, 0.1) is 23.1 Å². The number of rotatable bonds is 7. The first kappa shape index (κ1) is 23.8. The molecule has 3 aromatic heterocycles. The lowest BCUT2D eigenvalue weighted by Crippen LogP contribution is -2.38. The lowest BCUT2D eigenvalue weighted by molar-refractivity contribution is 0.260. The molecule has 1 aliphatic heterocycles. The van der Waals surface area contributed by atoms with E-state index in [-0.39, 0.29) is 17.3 Å². The summed E-state index contributed by atoms with van der Waals surface area (Å²) in [5.74, 6) is -2.33. The fraction of sp³-hybridized carbons (Fsp3) is 0.154. The van der Waals surface area contributed by atoms with Crippen molar-refractivity contribution >= 4 is 39.6 Å². The lowest BCUT2D eigenvalue weighted by atomic mass is 10.0. The van der Waals surface area contributed by atoms with Gasteiger partial charge in [-0.3, -0.25) is 15.0 Å². The molecular weight excluding hydrogens is 512 g/mol. The second-order valence-electron chi connectivity index (χ2n) is 8.96. The van der Waals surface area contributed by atoms with Crippen molar-refractivity contribution in [2.75, 3.05) is 10.6 Å². The second kappa shape index (κ2) is 9.74. The van der Waals surface area contributed by atoms with Gasteiger partial charge in [0.1, 0.15) is 6.07 Å². The van der Waals surface area contributed by atoms with Gasteiger partial charge >= 0.3 is 0 Å². The Morgan fingerprint density at radius 2 is 2.00 bits per heavy atom. The molecule has 0 spiro atoms. The van der Waals surface area contributed by atoms with Crippen LogP contribution in [0.25, 0.3) is 10.9 Å². The molecule has 4 heterocycles. The Balaban J connectivity index is 1.41. The maximum atomic E-state index is 13.8. The van der Waals surface area contributed by atoms with Crippen LogP contribution >= 0.6 is 11.6 Å². The summed E-state index contributed by atoms with van der Waals surface area (Å²) in [6.07, 6.45) is 10.3. The van der Waals surface area contributed by atoms with E-state index in [1.807, 2.05) is 18.3 Å². The Labute approximate surface area is 221 Å². The van der Waals surface area contributed by atoms with Crippen LogP contribution in [0.2, 0.25) is 5.02 Å². The standard InChI is InChI=1S/C26H20ClF2N9/c27-20-7-16(34-24(14-2-1-5-31-10-14)22-13-38(37-36-22)18-3-4-18)6-19-23(15(9-30)11-32-25(19)20)35-17-8-21(28)26(29)33-12-17/h1-2,5-8,10-13,18,24,34,36-37H,3-4H2,(H,32,35)/t24-/m0/s1. The van der Waals surface area contributed by atoms with Gasteiger partial charge in [-0.1, -0.05) is 17.7 Å². The Bertz CT molecular complexity index is 1600. The number of halogens is 3. The van der Waals surface area contributed by atoms with Crippen molar-refractivity contribution in [1.82, 2.24) is 30.9 Å². The molecule has 0 saturated heterocycles. The molecule has 4 N–H and O–H groups in total. The van der Waals surface area contributed by atoms with Crippen LogP contribution in [0.15, 0.2) is 67.0 Å². The van der Waals surface area contributed by atoms with Crippen molar-refractivity contribution in [3.63, 3.8) is 0 Å². The monoisotopic (exact) mass is 531 g/mol. The van der Waals surface area contributed by atoms with E-state index in [4.69, 9.17) is 11.6 Å². The molecule has 0 radical (unpaired) electrons. The Morgan fingerprint density at radius 1 is 1.13 bits per heavy atom. The Hall–Kier alpha value is -4.53. The third-order valence-corrected chi connectivity index (χ3v) is 6.59. The van der Waals surface area contributed by atoms with Crippen molar-refractivity contribution < 1.29 is 8.78 Å². The molecule has 1 fully saturated rings. The van der Waals surface area contributed by atoms with Crippen molar-refractivity contribution in [2.45, 2.75) is 24.9 Å². The van der Waals surface area contributed by atoms with E-state index < -0.39 is 11.8 Å². The molecule has 9 nitrogen and oxygen atoms in total. The predicted molar refractivity (Wildman–Crippen MR) is 139 cm³/mol. The summed E-state index contributed by atoms with van der Waals surface area (Å²) < 4.78 is 27.2. The molecule has 12 heteroatoms. The van der Waals surface area contributed by atoms with E-state index in [1.54, 1.807) is 24.5 Å². The van der Waals surface area contributed by atoms with E-state index in [0.717, 1.165) is 36.4 Å². The summed E-state index contributed by atoms with van der Waals surface area (Å²) in [4.78, 5) is 12.0. The van der Waals surface area contributed by atoms with Crippen molar-refractivity contribution in [3.05, 3.63) is 94.9 Å². The van der Waals surface area contributed by atoms with Crippen LogP contribution < -0.4 is 21.6 Å². The number of nitrogens with zero attached hydrogens (tertiary/aromatic N) is 5. The van der Waals surface area contributed by atoms with E-state index in [0.29, 0.717) is 33.3 Å². The van der Waals surface area contributed by atoms with Crippen LogP contribution in [-0.4, -0.2) is 26.0 Å². The van der Waals surface area contributed by atoms with Crippen molar-refractivity contribution in [2.24, 2.45) is 0 Å². The number of anilines is 3. The average molecular weight is 532 g/mol. The summed E-state index contributed by atoms with van der Waals surface area (Å²) >= 11 is 6.64. The SMILES string of the molecule is N#Cc1cnc2c(Cl)cc(N[C@H](C3=CN(C4CC4)NN3)c3cccnc3)cc2c1Nc1cnc(F)c(F)c1. The number of hydrogen-bond donors (Lipinski definition) is 4. The highest BCUT2D eigenvalue weighted by atomic mass is 35.5. The van der Waals surface area contributed by atoms with Crippen LogP contribution in [0.1, 0.15) is 30.0 Å². The molecule has 4 aromatic rings. The number of aromatic nitrogens is 3. The normalized spacial score (nSPS) is 15.5. The first-order valence-corrected chi connectivity index (χ1v) is 12.2. The minimum Gasteiger partial charge on any atom is -0.373 e. The van der Waals surface area contributed by atoms with E-state index >= 15 is 0 Å². The number of hydrogen-bond acceptors (Lipinski definition) is 9. The van der Waals surface area contributed by atoms with Crippen LogP contribution in [-0.2, 0) is 0 Å². The lowest BCUT2D eigenvalue weighted by Gasteiger charge is -2.22. The molecule has 1 aromatic carbocycles. The van der Waals surface area contributed by atoms with E-state index in [9.17, 15) is 14.0 Å². The predicted octanol–water partition coefficient (Wildman–Crippen LogP) is 5.05. The highest BCUT2D eigenvalue weighted by molar-refractivity contribution is 6.36. The number of fused-ring (bicyclic) bond motifs is 1. The zero-order valence-electron chi connectivity index (χ0n) is 19.7. The van der Waals surface area contributed by atoms with Gasteiger partial charge in [0, 0.05) is 48.0 Å². The van der Waals surface area contributed by atoms with Crippen LogP contribution in [0.3, 0.4) is 0 Å². The molecule has 0 unspecified atom stereocenters. The zero-order valence-corrected chi connectivity index (χ0v) is 20.5. The summed E-state index contributed by atoms with van der Waals surface area (Å²) in [6.45, 7) is 0. The molecule has 2 aliphatic rings. The van der Waals surface area contributed by atoms with E-state index in [1.165, 1.54) is 6.20 Å². The topological polar surface area (TPSA) is 114 Å². The summed E-state index contributed by atoms with van der Waals surface area (Å²) in [6, 6.07) is 10.6. The number of nitrogens with one attached hydrogen (secondary N) is 4. The Kier molecular flexibility index (Phi) is 6.11. The molecule has 0 bridgehead atoms. The molecule has 38 heavy (non-hydrogen) atoms. The Morgan fingerprint density at radius 3 is 2.74 bits per heavy atom. The molecular formula is C26H20ClF2N9. The fourth-order valence-electron chi connectivity index (χ4n) is 4.29. The maximum Gasteiger partial charge on any atom is 0.249 e. The van der Waals surface area contributed by atoms with Gasteiger partial charge in [0.15, 0.2) is 5.82 Å². The van der Waals surface area contributed by atoms with Gasteiger partial charge in [0.25, 0.3) is 0 Å². The van der Waals surface area contributed by atoms with Gasteiger partial charge in [0.05, 0.1) is 45.4 Å². The quantitative estimate of drug-likeness (QED) is 0.243. The molecule has 1 saturated carbocycles. The first-order chi connectivity index (χ1) is 18.5. The van der Waals surface area contributed by atoms with Crippen LogP contribution in [0.4, 0.5) is 25.8 Å². The molecule has 0 amide bonds. The summed E-state index contributed by atoms with van der Waals surface area (Å²) in [7, 11) is 0. The maximum absolute atomic E-state index is 13.8. The van der Waals surface area contributed by atoms with Crippen molar-refractivity contribution in [1.29, 1.82) is 5.26 Å². The smallest absolute Gasteiger partial charge is 0.249 e. The third kappa shape index (κ3) is 4.63. The van der Waals surface area contributed by atoms with Gasteiger partial charge in [0.2, 0.25) is 5.95 Å². The first-order valence-electron chi connectivity index (χ1n) is 11.8. The molecule has 1 atom stereocenters. The second-order valence-corrected chi connectivity index (χ2v) is 9.37. The minimum absolute atomic E-state index is 0.169. The van der Waals surface area contributed by atoms with Gasteiger partial charge in [-0.2, -0.15) is 9.65 Å². The van der Waals surface area contributed by atoms with Gasteiger partial charge in [-0.05, 0) is 36.6 Å². The third-order valence-electron chi connectivity index (χ3n) is 6.30. The van der Waals surface area contributed by atoms with Crippen molar-refractivity contribution in [3.8, 4) is 6.07 Å². The van der Waals surface area contributed by atoms with Gasteiger partial charge in [-0.15, -0.1) is 5.53 Å². The molecule has 6 rings (SSSR count). The van der Waals surface area contributed by atoms with E-state index in [2.05, 4.69) is 47.6 Å². The zero-order chi connectivity index (χ0) is 26.2. The summed E-state index contributed by atoms with van der Waals surface area (Å²) in [5.41, 5.74) is 10.0. The number of benzene rings is 1. The highest BCUT2D eigenvalue weighted by Crippen LogP contribution is 2.37. The van der Waals surface area contributed by atoms with Crippen LogP contribution in [0.5, 0.6) is 0 Å². The number of pyridine rings is 3. The van der Waals surface area contributed by atoms with Gasteiger partial charge in [-0.25, -0.2) is 9.37 Å². The largest absolute Gasteiger partial charge is 0.373 e. The average Bonchev–Trinajstić information content (AvgIpc) is 3.67.